The predicted molar refractivity (Wildman–Crippen MR) is 120 cm³/mol. The molecule has 0 spiro atoms. The maximum Gasteiger partial charge on any atom is 0.226 e. The number of guanidine groups is 1. The fourth-order valence-corrected chi connectivity index (χ4v) is 2.95. The van der Waals surface area contributed by atoms with Crippen LogP contribution in [-0.4, -0.2) is 23.0 Å². The minimum Gasteiger partial charge on any atom is -0.453 e. The Hall–Kier alpha value is -4.20. The second kappa shape index (κ2) is 10.2. The highest BCUT2D eigenvalue weighted by Crippen LogP contribution is 2.24. The van der Waals surface area contributed by atoms with E-state index in [1.165, 1.54) is 12.3 Å². The van der Waals surface area contributed by atoms with Crippen LogP contribution in [0.3, 0.4) is 0 Å². The summed E-state index contributed by atoms with van der Waals surface area (Å²) in [6.07, 6.45) is 4.77. The molecule has 2 heterocycles. The van der Waals surface area contributed by atoms with Crippen molar-refractivity contribution in [3.63, 3.8) is 0 Å². The number of nitrogens with zero attached hydrogens (tertiary/aromatic N) is 3. The number of rotatable bonds is 7. The third-order valence-electron chi connectivity index (χ3n) is 4.55. The molecule has 0 atom stereocenters. The molecular weight excluding hydrogens is 409 g/mol. The van der Waals surface area contributed by atoms with Crippen LogP contribution in [0.15, 0.2) is 88.7 Å². The number of nitrogens with one attached hydrogen (secondary N) is 2. The summed E-state index contributed by atoms with van der Waals surface area (Å²) in [6.45, 7) is 0.820. The molecule has 162 valence electrons. The molecule has 0 fully saturated rings. The lowest BCUT2D eigenvalue weighted by Crippen LogP contribution is -2.36. The van der Waals surface area contributed by atoms with Crippen LogP contribution >= 0.6 is 0 Å². The molecule has 0 aliphatic heterocycles. The number of aromatic nitrogens is 2. The zero-order valence-corrected chi connectivity index (χ0v) is 17.5. The lowest BCUT2D eigenvalue weighted by Gasteiger charge is -2.12. The van der Waals surface area contributed by atoms with Crippen LogP contribution in [0.2, 0.25) is 0 Å². The molecule has 0 bridgehead atoms. The summed E-state index contributed by atoms with van der Waals surface area (Å²) in [4.78, 5) is 12.6. The first kappa shape index (κ1) is 21.0. The van der Waals surface area contributed by atoms with E-state index in [0.717, 1.165) is 16.8 Å². The van der Waals surface area contributed by atoms with E-state index in [1.54, 1.807) is 43.8 Å². The first-order valence-electron chi connectivity index (χ1n) is 10.0. The Morgan fingerprint density at radius 1 is 1.06 bits per heavy atom. The molecule has 0 aliphatic rings. The summed E-state index contributed by atoms with van der Waals surface area (Å²) in [5, 5.41) is 6.32. The zero-order chi connectivity index (χ0) is 22.2. The standard InChI is InChI=1S/C24H22FN5O2/c1-26-24(29-14-19-16-31-23(30-19)18-6-3-2-4-7-18)28-13-17-9-10-22(21(25)12-17)32-20-8-5-11-27-15-20/h2-12,15-16H,13-14H2,1H3,(H2,26,28,29). The summed E-state index contributed by atoms with van der Waals surface area (Å²) in [7, 11) is 1.67. The minimum absolute atomic E-state index is 0.143. The van der Waals surface area contributed by atoms with Crippen LogP contribution in [0.5, 0.6) is 11.5 Å². The van der Waals surface area contributed by atoms with Crippen molar-refractivity contribution in [1.82, 2.24) is 20.6 Å². The van der Waals surface area contributed by atoms with Crippen LogP contribution in [0.25, 0.3) is 11.5 Å². The van der Waals surface area contributed by atoms with Gasteiger partial charge in [-0.3, -0.25) is 9.98 Å². The second-order valence-corrected chi connectivity index (χ2v) is 6.84. The van der Waals surface area contributed by atoms with E-state index in [9.17, 15) is 4.39 Å². The van der Waals surface area contributed by atoms with Gasteiger partial charge < -0.3 is 19.8 Å². The van der Waals surface area contributed by atoms with Gasteiger partial charge in [-0.2, -0.15) is 0 Å². The van der Waals surface area contributed by atoms with E-state index < -0.39 is 5.82 Å². The Bertz CT molecular complexity index is 1180. The fourth-order valence-electron chi connectivity index (χ4n) is 2.95. The monoisotopic (exact) mass is 431 g/mol. The SMILES string of the molecule is CN=C(NCc1ccc(Oc2cccnc2)c(F)c1)NCc1coc(-c2ccccc2)n1. The largest absolute Gasteiger partial charge is 0.453 e. The first-order valence-corrected chi connectivity index (χ1v) is 10.0. The zero-order valence-electron chi connectivity index (χ0n) is 17.5. The molecule has 0 unspecified atom stereocenters. The van der Waals surface area contributed by atoms with Crippen LogP contribution in [0.4, 0.5) is 4.39 Å². The highest BCUT2D eigenvalue weighted by atomic mass is 19.1. The van der Waals surface area contributed by atoms with E-state index >= 15 is 0 Å². The topological polar surface area (TPSA) is 84.6 Å². The molecule has 4 rings (SSSR count). The van der Waals surface area contributed by atoms with Crippen molar-refractivity contribution in [2.45, 2.75) is 13.1 Å². The number of benzene rings is 2. The Kier molecular flexibility index (Phi) is 6.72. The number of hydrogen-bond acceptors (Lipinski definition) is 5. The maximum absolute atomic E-state index is 14.4. The van der Waals surface area contributed by atoms with E-state index in [0.29, 0.717) is 30.7 Å². The van der Waals surface area contributed by atoms with Gasteiger partial charge in [-0.05, 0) is 42.0 Å². The van der Waals surface area contributed by atoms with Crippen LogP contribution in [0, 0.1) is 5.82 Å². The lowest BCUT2D eigenvalue weighted by molar-refractivity contribution is 0.440. The van der Waals surface area contributed by atoms with Crippen LogP contribution in [0.1, 0.15) is 11.3 Å². The fraction of sp³-hybridized carbons (Fsp3) is 0.125. The lowest BCUT2D eigenvalue weighted by atomic mass is 10.2. The van der Waals surface area contributed by atoms with Gasteiger partial charge in [0, 0.05) is 25.4 Å². The Balaban J connectivity index is 1.30. The Morgan fingerprint density at radius 2 is 1.91 bits per heavy atom. The number of hydrogen-bond donors (Lipinski definition) is 2. The smallest absolute Gasteiger partial charge is 0.226 e. The Morgan fingerprint density at radius 3 is 2.66 bits per heavy atom. The number of aliphatic imine (C=N–C) groups is 1. The highest BCUT2D eigenvalue weighted by Gasteiger charge is 2.09. The van der Waals surface area contributed by atoms with Crippen LogP contribution < -0.4 is 15.4 Å². The molecule has 0 amide bonds. The summed E-state index contributed by atoms with van der Waals surface area (Å²) in [6, 6.07) is 17.9. The summed E-state index contributed by atoms with van der Waals surface area (Å²) >= 11 is 0. The predicted octanol–water partition coefficient (Wildman–Crippen LogP) is 4.53. The summed E-state index contributed by atoms with van der Waals surface area (Å²) < 4.78 is 25.5. The van der Waals surface area contributed by atoms with Crippen molar-refractivity contribution in [2.24, 2.45) is 4.99 Å². The third-order valence-corrected chi connectivity index (χ3v) is 4.55. The van der Waals surface area contributed by atoms with Crippen molar-refractivity contribution >= 4 is 5.96 Å². The van der Waals surface area contributed by atoms with Crippen molar-refractivity contribution in [1.29, 1.82) is 0 Å². The molecule has 32 heavy (non-hydrogen) atoms. The van der Waals surface area contributed by atoms with Crippen molar-refractivity contribution < 1.29 is 13.5 Å². The molecule has 4 aromatic rings. The summed E-state index contributed by atoms with van der Waals surface area (Å²) in [5.74, 6) is 1.29. The summed E-state index contributed by atoms with van der Waals surface area (Å²) in [5.41, 5.74) is 2.41. The quantitative estimate of drug-likeness (QED) is 0.330. The van der Waals surface area contributed by atoms with E-state index in [-0.39, 0.29) is 5.75 Å². The van der Waals surface area contributed by atoms with Gasteiger partial charge >= 0.3 is 0 Å². The Labute approximate surface area is 185 Å². The number of halogens is 1. The third kappa shape index (κ3) is 5.48. The van der Waals surface area contributed by atoms with Crippen LogP contribution in [-0.2, 0) is 13.1 Å². The molecule has 2 N–H and O–H groups in total. The molecule has 2 aromatic heterocycles. The van der Waals surface area contributed by atoms with Crippen molar-refractivity contribution in [3.05, 3.63) is 96.4 Å². The van der Waals surface area contributed by atoms with Gasteiger partial charge in [0.2, 0.25) is 5.89 Å². The van der Waals surface area contributed by atoms with Gasteiger partial charge in [0.1, 0.15) is 12.0 Å². The molecule has 8 heteroatoms. The normalized spacial score (nSPS) is 11.2. The average molecular weight is 431 g/mol. The molecule has 2 aromatic carbocycles. The van der Waals surface area contributed by atoms with E-state index in [4.69, 9.17) is 9.15 Å². The van der Waals surface area contributed by atoms with E-state index in [1.807, 2.05) is 30.3 Å². The average Bonchev–Trinajstić information content (AvgIpc) is 3.31. The van der Waals surface area contributed by atoms with Crippen molar-refractivity contribution in [2.75, 3.05) is 7.05 Å². The van der Waals surface area contributed by atoms with Gasteiger partial charge in [0.25, 0.3) is 0 Å². The molecule has 0 saturated carbocycles. The maximum atomic E-state index is 14.4. The van der Waals surface area contributed by atoms with Gasteiger partial charge in [-0.1, -0.05) is 24.3 Å². The van der Waals surface area contributed by atoms with Gasteiger partial charge in [0.05, 0.1) is 18.4 Å². The minimum atomic E-state index is -0.452. The molecule has 7 nitrogen and oxygen atoms in total. The number of oxazole rings is 1. The molecular formula is C24H22FN5O2. The van der Waals surface area contributed by atoms with Gasteiger partial charge in [-0.25, -0.2) is 9.37 Å². The molecule has 0 aliphatic carbocycles. The first-order chi connectivity index (χ1) is 15.7. The van der Waals surface area contributed by atoms with Gasteiger partial charge in [-0.15, -0.1) is 0 Å². The highest BCUT2D eigenvalue weighted by molar-refractivity contribution is 5.79. The van der Waals surface area contributed by atoms with Crippen molar-refractivity contribution in [3.8, 4) is 23.0 Å². The van der Waals surface area contributed by atoms with Gasteiger partial charge in [0.15, 0.2) is 17.5 Å². The molecule has 0 saturated heterocycles. The number of ether oxygens (including phenoxy) is 1. The number of pyridine rings is 1. The van der Waals surface area contributed by atoms with E-state index in [2.05, 4.69) is 25.6 Å². The molecule has 0 radical (unpaired) electrons. The second-order valence-electron chi connectivity index (χ2n) is 6.84.